The summed E-state index contributed by atoms with van der Waals surface area (Å²) in [5, 5.41) is 79.9. The third kappa shape index (κ3) is 5.59. The molecule has 10 heteroatoms. The number of ether oxygens (including phenoxy) is 1. The molecule has 7 aliphatic rings. The quantitative estimate of drug-likeness (QED) is 0.0951. The second-order valence-corrected chi connectivity index (χ2v) is 20.5. The minimum absolute atomic E-state index is 0.0769. The predicted octanol–water partition coefficient (Wildman–Crippen LogP) is 4.64. The van der Waals surface area contributed by atoms with Gasteiger partial charge in [-0.25, -0.2) is 4.79 Å². The summed E-state index contributed by atoms with van der Waals surface area (Å²) in [5.74, 6) is -3.59. The summed E-state index contributed by atoms with van der Waals surface area (Å²) >= 11 is 0. The molecule has 17 atom stereocenters. The van der Waals surface area contributed by atoms with Gasteiger partial charge in [0.05, 0.1) is 29.8 Å². The van der Waals surface area contributed by atoms with Crippen LogP contribution >= 0.6 is 0 Å². The van der Waals surface area contributed by atoms with Crippen molar-refractivity contribution in [3.05, 3.63) is 47.0 Å². The lowest BCUT2D eigenvalue weighted by Crippen LogP contribution is -2.85. The van der Waals surface area contributed by atoms with Gasteiger partial charge in [-0.2, -0.15) is 0 Å². The molecule has 1 heterocycles. The third-order valence-electron chi connectivity index (χ3n) is 18.2. The molecule has 1 aliphatic heterocycles. The van der Waals surface area contributed by atoms with E-state index in [1.807, 2.05) is 38.2 Å². The highest BCUT2D eigenvalue weighted by molar-refractivity contribution is 5.86. The Balaban J connectivity index is 1.23. The Hall–Kier alpha value is -2.18. The van der Waals surface area contributed by atoms with Gasteiger partial charge in [0.15, 0.2) is 0 Å². The monoisotopic (exact) mass is 791 g/mol. The first kappa shape index (κ1) is 41.5. The van der Waals surface area contributed by atoms with E-state index >= 15 is 0 Å². The third-order valence-corrected chi connectivity index (χ3v) is 18.2. The normalized spacial score (nSPS) is 47.8. The van der Waals surface area contributed by atoms with E-state index in [0.717, 1.165) is 48.7 Å². The Kier molecular flexibility index (Phi) is 10.8. The zero-order valence-corrected chi connectivity index (χ0v) is 34.8. The number of aliphatic hydroxyl groups is 6. The van der Waals surface area contributed by atoms with Crippen LogP contribution in [0.2, 0.25) is 0 Å². The highest BCUT2D eigenvalue weighted by Crippen LogP contribution is 2.77. The largest absolute Gasteiger partial charge is 0.454 e. The van der Waals surface area contributed by atoms with Crippen molar-refractivity contribution in [1.82, 2.24) is 5.32 Å². The van der Waals surface area contributed by atoms with Gasteiger partial charge in [-0.05, 0) is 118 Å². The summed E-state index contributed by atoms with van der Waals surface area (Å²) in [6.45, 7) is 8.32. The molecule has 1 aromatic carbocycles. The number of unbranched alkanes of at least 4 members (excludes halogenated alkanes) is 2. The fourth-order valence-electron chi connectivity index (χ4n) is 15.5. The van der Waals surface area contributed by atoms with Crippen molar-refractivity contribution < 1.29 is 45.0 Å². The van der Waals surface area contributed by atoms with Gasteiger partial charge >= 0.3 is 5.97 Å². The van der Waals surface area contributed by atoms with Crippen LogP contribution in [0.4, 0.5) is 0 Å². The molecule has 17 unspecified atom stereocenters. The van der Waals surface area contributed by atoms with Crippen molar-refractivity contribution in [3.63, 3.8) is 0 Å². The average molecular weight is 792 g/mol. The summed E-state index contributed by atoms with van der Waals surface area (Å²) in [7, 11) is 1.90. The number of hydrogen-bond acceptors (Lipinski definition) is 10. The van der Waals surface area contributed by atoms with Crippen molar-refractivity contribution in [2.75, 3.05) is 7.05 Å². The van der Waals surface area contributed by atoms with E-state index < -0.39 is 69.7 Å². The lowest BCUT2D eigenvalue weighted by Gasteiger charge is -2.73. The highest BCUT2D eigenvalue weighted by atomic mass is 16.5. The number of fused-ring (bicyclic) bond motifs is 8. The van der Waals surface area contributed by atoms with E-state index in [9.17, 15) is 40.2 Å². The van der Waals surface area contributed by atoms with Gasteiger partial charge in [-0.3, -0.25) is 0 Å². The van der Waals surface area contributed by atoms with Gasteiger partial charge < -0.3 is 45.5 Å². The summed E-state index contributed by atoms with van der Waals surface area (Å²) in [6, 6.07) is 7.65. The molecule has 7 N–H and O–H groups in total. The van der Waals surface area contributed by atoms with Crippen LogP contribution in [0.3, 0.4) is 0 Å². The Morgan fingerprint density at radius 3 is 2.39 bits per heavy atom. The Morgan fingerprint density at radius 2 is 1.72 bits per heavy atom. The van der Waals surface area contributed by atoms with Crippen molar-refractivity contribution in [2.24, 2.45) is 64.1 Å². The lowest BCUT2D eigenvalue weighted by molar-refractivity contribution is -0.377. The highest BCUT2D eigenvalue weighted by Gasteiger charge is 2.85. The van der Waals surface area contributed by atoms with Crippen molar-refractivity contribution in [3.8, 4) is 0 Å². The number of aldehydes is 1. The summed E-state index contributed by atoms with van der Waals surface area (Å²) in [5.41, 5.74) is -5.59. The van der Waals surface area contributed by atoms with Gasteiger partial charge in [-0.15, -0.1) is 0 Å². The molecule has 6 aliphatic carbocycles. The predicted molar refractivity (Wildman–Crippen MR) is 214 cm³/mol. The molecule has 1 aromatic rings. The van der Waals surface area contributed by atoms with Crippen LogP contribution in [-0.2, 0) is 27.4 Å². The van der Waals surface area contributed by atoms with Crippen LogP contribution < -0.4 is 5.32 Å². The van der Waals surface area contributed by atoms with Gasteiger partial charge in [-0.1, -0.05) is 71.2 Å². The minimum atomic E-state index is -2.15. The van der Waals surface area contributed by atoms with E-state index in [1.165, 1.54) is 0 Å². The van der Waals surface area contributed by atoms with Crippen molar-refractivity contribution in [2.45, 2.75) is 159 Å². The lowest BCUT2D eigenvalue weighted by atomic mass is 9.34. The first-order valence-corrected chi connectivity index (χ1v) is 22.4. The number of rotatable bonds is 11. The van der Waals surface area contributed by atoms with E-state index in [0.29, 0.717) is 44.9 Å². The number of carbonyl (C=O) groups excluding carboxylic acids is 2. The maximum atomic E-state index is 14.2. The maximum Gasteiger partial charge on any atom is 0.331 e. The number of aliphatic hydroxyl groups excluding tert-OH is 3. The first-order chi connectivity index (χ1) is 27.1. The van der Waals surface area contributed by atoms with Gasteiger partial charge in [0, 0.05) is 41.2 Å². The molecule has 8 rings (SSSR count). The molecular weight excluding hydrogens is 723 g/mol. The number of benzene rings is 1. The number of hydrogen-bond donors (Lipinski definition) is 7. The first-order valence-electron chi connectivity index (χ1n) is 22.4. The molecule has 0 saturated heterocycles. The number of nitrogens with one attached hydrogen (secondary N) is 1. The number of likely N-dealkylation sites (N-methyl/N-ethyl adjacent to an activating group) is 1. The van der Waals surface area contributed by atoms with Gasteiger partial charge in [0.25, 0.3) is 0 Å². The van der Waals surface area contributed by atoms with Crippen LogP contribution in [0.25, 0.3) is 0 Å². The van der Waals surface area contributed by atoms with Gasteiger partial charge in [0.2, 0.25) is 0 Å². The standard InChI is InChI=1S/C47H69NO9/c1-6-7-8-12-29-22-44(25-50)37-16-17-43(4)39-31(18-32(41-33(39)21-38(51)57-41)36(48-5)20-28-11-9-10-13-30(28)24-49)23-45(43,54)47(37,56)42(53)35-19-27(26(2)3)14-15-34(40(29)52)46(35,44)55/h9-11,13,21,25-27,29,31-32,34-37,39-42,48-49,52-56H,6-8,12,14-20,22-24H2,1-5H3. The van der Waals surface area contributed by atoms with Crippen LogP contribution in [0, 0.1) is 64.1 Å². The van der Waals surface area contributed by atoms with Crippen molar-refractivity contribution in [1.29, 1.82) is 0 Å². The fraction of sp³-hybridized carbons (Fsp3) is 0.787. The molecule has 57 heavy (non-hydrogen) atoms. The van der Waals surface area contributed by atoms with Crippen LogP contribution in [-0.4, -0.2) is 91.1 Å². The molecule has 0 bridgehead atoms. The molecule has 0 aromatic heterocycles. The topological polar surface area (TPSA) is 177 Å². The fourth-order valence-corrected chi connectivity index (χ4v) is 15.5. The van der Waals surface area contributed by atoms with Crippen LogP contribution in [0.15, 0.2) is 35.9 Å². The molecular formula is C47H69NO9. The van der Waals surface area contributed by atoms with Crippen molar-refractivity contribution >= 4 is 12.3 Å². The Bertz CT molecular complexity index is 1730. The molecule has 316 valence electrons. The molecule has 0 amide bonds. The molecule has 0 spiro atoms. The van der Waals surface area contributed by atoms with E-state index in [2.05, 4.69) is 26.1 Å². The molecule has 6 saturated carbocycles. The SMILES string of the molecule is CCCCCC1CC2(C=O)C3CCC4(C)C5C6=CC(=O)OC6C(C(Cc6ccccc6CO)NC)CC5CC4(O)C3(O)C(O)C3CC(C(C)C)CCC(C1O)C32O. The van der Waals surface area contributed by atoms with E-state index in [4.69, 9.17) is 4.74 Å². The number of carbonyl (C=O) groups is 2. The average Bonchev–Trinajstić information content (AvgIpc) is 3.62. The van der Waals surface area contributed by atoms with Gasteiger partial charge in [0.1, 0.15) is 23.6 Å². The molecule has 6 fully saturated rings. The Morgan fingerprint density at radius 1 is 0.982 bits per heavy atom. The molecule has 0 radical (unpaired) electrons. The second kappa shape index (κ2) is 14.8. The smallest absolute Gasteiger partial charge is 0.331 e. The zero-order chi connectivity index (χ0) is 40.9. The molecule has 10 nitrogen and oxygen atoms in total. The number of esters is 1. The van der Waals surface area contributed by atoms with Crippen LogP contribution in [0.1, 0.15) is 116 Å². The Labute approximate surface area is 338 Å². The maximum absolute atomic E-state index is 14.2. The zero-order valence-electron chi connectivity index (χ0n) is 34.8. The van der Waals surface area contributed by atoms with E-state index in [-0.39, 0.29) is 61.0 Å². The summed E-state index contributed by atoms with van der Waals surface area (Å²) in [6.07, 6.45) is 7.05. The minimum Gasteiger partial charge on any atom is -0.454 e. The van der Waals surface area contributed by atoms with E-state index in [1.54, 1.807) is 6.08 Å². The second-order valence-electron chi connectivity index (χ2n) is 20.5. The summed E-state index contributed by atoms with van der Waals surface area (Å²) in [4.78, 5) is 27.5. The summed E-state index contributed by atoms with van der Waals surface area (Å²) < 4.78 is 6.14. The van der Waals surface area contributed by atoms with Crippen LogP contribution in [0.5, 0.6) is 0 Å².